The average molecular weight is 520 g/mol. The lowest BCUT2D eigenvalue weighted by atomic mass is 10.1. The van der Waals surface area contributed by atoms with Gasteiger partial charge in [0.2, 0.25) is 11.7 Å². The second kappa shape index (κ2) is 10.6. The summed E-state index contributed by atoms with van der Waals surface area (Å²) in [6, 6.07) is 17.1. The van der Waals surface area contributed by atoms with Crippen LogP contribution in [0.1, 0.15) is 22.8 Å². The third-order valence-electron chi connectivity index (χ3n) is 6.27. The quantitative estimate of drug-likeness (QED) is 0.350. The van der Waals surface area contributed by atoms with Crippen molar-refractivity contribution in [3.05, 3.63) is 83.9 Å². The van der Waals surface area contributed by atoms with Crippen LogP contribution >= 0.6 is 11.8 Å². The van der Waals surface area contributed by atoms with Gasteiger partial charge in [0.05, 0.1) is 17.7 Å². The topological polar surface area (TPSA) is 84.5 Å². The van der Waals surface area contributed by atoms with Gasteiger partial charge in [0.25, 0.3) is 5.91 Å². The second-order valence-electron chi connectivity index (χ2n) is 8.94. The molecule has 1 aliphatic rings. The molecule has 10 heteroatoms. The Balaban J connectivity index is 1.27. The van der Waals surface area contributed by atoms with Crippen molar-refractivity contribution in [1.82, 2.24) is 24.6 Å². The Morgan fingerprint density at radius 2 is 1.92 bits per heavy atom. The van der Waals surface area contributed by atoms with Crippen LogP contribution in [0.4, 0.5) is 4.39 Å². The zero-order chi connectivity index (χ0) is 25.9. The van der Waals surface area contributed by atoms with Gasteiger partial charge >= 0.3 is 0 Å². The van der Waals surface area contributed by atoms with Gasteiger partial charge < -0.3 is 14.2 Å². The van der Waals surface area contributed by atoms with Crippen molar-refractivity contribution < 1.29 is 18.4 Å². The van der Waals surface area contributed by atoms with E-state index < -0.39 is 5.82 Å². The predicted molar refractivity (Wildman–Crippen MR) is 138 cm³/mol. The average Bonchev–Trinajstić information content (AvgIpc) is 3.57. The molecule has 2 aromatic heterocycles. The summed E-state index contributed by atoms with van der Waals surface area (Å²) in [5.41, 5.74) is 2.28. The van der Waals surface area contributed by atoms with E-state index in [9.17, 15) is 14.0 Å². The van der Waals surface area contributed by atoms with E-state index in [0.717, 1.165) is 11.3 Å². The number of amides is 2. The predicted octanol–water partition coefficient (Wildman–Crippen LogP) is 4.44. The molecule has 2 amide bonds. The maximum absolute atomic E-state index is 13.6. The molecule has 1 aliphatic heterocycles. The normalized spacial score (nSPS) is 15.7. The third-order valence-corrected chi connectivity index (χ3v) is 7.19. The fourth-order valence-corrected chi connectivity index (χ4v) is 5.27. The first-order chi connectivity index (χ1) is 17.9. The summed E-state index contributed by atoms with van der Waals surface area (Å²) in [5.74, 6) is 0.590. The number of thioether (sulfide) groups is 1. The van der Waals surface area contributed by atoms with Crippen LogP contribution in [0.25, 0.3) is 17.3 Å². The monoisotopic (exact) mass is 519 g/mol. The Morgan fingerprint density at radius 3 is 2.65 bits per heavy atom. The van der Waals surface area contributed by atoms with E-state index >= 15 is 0 Å². The summed E-state index contributed by atoms with van der Waals surface area (Å²) < 4.78 is 21.0. The van der Waals surface area contributed by atoms with E-state index in [0.29, 0.717) is 41.9 Å². The number of aromatic nitrogens is 3. The molecular formula is C27H26FN5O3S. The molecule has 1 unspecified atom stereocenters. The van der Waals surface area contributed by atoms with Crippen LogP contribution in [0.3, 0.4) is 0 Å². The van der Waals surface area contributed by atoms with E-state index in [1.54, 1.807) is 28.2 Å². The van der Waals surface area contributed by atoms with Crippen LogP contribution in [0.2, 0.25) is 0 Å². The van der Waals surface area contributed by atoms with Crippen LogP contribution in [0, 0.1) is 12.7 Å². The summed E-state index contributed by atoms with van der Waals surface area (Å²) in [4.78, 5) is 29.4. The molecule has 0 radical (unpaired) electrons. The van der Waals surface area contributed by atoms with Crippen molar-refractivity contribution in [2.45, 2.75) is 25.0 Å². The van der Waals surface area contributed by atoms with Crippen molar-refractivity contribution in [2.75, 3.05) is 25.4 Å². The number of hydrogen-bond acceptors (Lipinski definition) is 6. The first kappa shape index (κ1) is 24.8. The van der Waals surface area contributed by atoms with Crippen LogP contribution in [-0.2, 0) is 4.79 Å². The zero-order valence-electron chi connectivity index (χ0n) is 20.5. The number of aryl methyl sites for hydroxylation is 1. The molecule has 0 bridgehead atoms. The highest BCUT2D eigenvalue weighted by atomic mass is 32.2. The molecule has 4 aromatic rings. The molecule has 5 rings (SSSR count). The zero-order valence-corrected chi connectivity index (χ0v) is 21.3. The highest BCUT2D eigenvalue weighted by molar-refractivity contribution is 7.99. The molecule has 1 fully saturated rings. The van der Waals surface area contributed by atoms with Crippen molar-refractivity contribution in [2.24, 2.45) is 0 Å². The SMILES string of the molecule is Cc1cccc(-n2c(SCC(=O)N3CCN(C(=O)c4cccc(F)c4)C(C)C3)nnc2-c2ccco2)c1. The van der Waals surface area contributed by atoms with Gasteiger partial charge in [-0.15, -0.1) is 10.2 Å². The number of nitrogens with zero attached hydrogens (tertiary/aromatic N) is 5. The minimum atomic E-state index is -0.446. The third kappa shape index (κ3) is 5.29. The highest BCUT2D eigenvalue weighted by Gasteiger charge is 2.31. The molecule has 1 atom stereocenters. The number of furan rings is 1. The summed E-state index contributed by atoms with van der Waals surface area (Å²) in [6.07, 6.45) is 1.58. The molecule has 8 nitrogen and oxygen atoms in total. The Hall–Kier alpha value is -3.92. The summed E-state index contributed by atoms with van der Waals surface area (Å²) in [7, 11) is 0. The number of benzene rings is 2. The highest BCUT2D eigenvalue weighted by Crippen LogP contribution is 2.29. The van der Waals surface area contributed by atoms with Crippen molar-refractivity contribution in [1.29, 1.82) is 0 Å². The largest absolute Gasteiger partial charge is 0.461 e. The minimum Gasteiger partial charge on any atom is -0.461 e. The maximum atomic E-state index is 13.6. The second-order valence-corrected chi connectivity index (χ2v) is 9.89. The Morgan fingerprint density at radius 1 is 1.08 bits per heavy atom. The lowest BCUT2D eigenvalue weighted by molar-refractivity contribution is -0.130. The van der Waals surface area contributed by atoms with E-state index in [1.807, 2.05) is 48.7 Å². The number of hydrogen-bond donors (Lipinski definition) is 0. The van der Waals surface area contributed by atoms with E-state index in [4.69, 9.17) is 4.42 Å². The molecule has 190 valence electrons. The maximum Gasteiger partial charge on any atom is 0.254 e. The van der Waals surface area contributed by atoms with Gasteiger partial charge in [0, 0.05) is 31.2 Å². The smallest absolute Gasteiger partial charge is 0.254 e. The Labute approximate surface area is 218 Å². The van der Waals surface area contributed by atoms with Gasteiger partial charge in [-0.05, 0) is 61.9 Å². The summed E-state index contributed by atoms with van der Waals surface area (Å²) >= 11 is 1.31. The number of halogens is 1. The molecule has 0 N–H and O–H groups in total. The van der Waals surface area contributed by atoms with Crippen LogP contribution in [0.15, 0.2) is 76.5 Å². The van der Waals surface area contributed by atoms with Crippen molar-refractivity contribution in [3.8, 4) is 17.3 Å². The molecule has 3 heterocycles. The standard InChI is InChI=1S/C27H26FN5O3S/c1-18-6-3-9-22(14-18)33-25(23-10-5-13-36-23)29-30-27(33)37-17-24(34)31-11-12-32(19(2)16-31)26(35)20-7-4-8-21(28)15-20/h3-10,13-15,19H,11-12,16-17H2,1-2H3. The van der Waals surface area contributed by atoms with Crippen molar-refractivity contribution >= 4 is 23.6 Å². The number of rotatable bonds is 6. The van der Waals surface area contributed by atoms with E-state index in [-0.39, 0.29) is 23.6 Å². The molecule has 0 saturated carbocycles. The summed E-state index contributed by atoms with van der Waals surface area (Å²) in [6.45, 7) is 5.11. The van der Waals surface area contributed by atoms with Gasteiger partial charge in [0.1, 0.15) is 5.82 Å². The van der Waals surface area contributed by atoms with E-state index in [1.165, 1.54) is 30.0 Å². The van der Waals surface area contributed by atoms with Crippen LogP contribution in [-0.4, -0.2) is 67.8 Å². The van der Waals surface area contributed by atoms with Gasteiger partial charge in [-0.25, -0.2) is 4.39 Å². The first-order valence-corrected chi connectivity index (χ1v) is 12.9. The van der Waals surface area contributed by atoms with Crippen LogP contribution in [0.5, 0.6) is 0 Å². The van der Waals surface area contributed by atoms with Gasteiger partial charge in [-0.1, -0.05) is 30.0 Å². The van der Waals surface area contributed by atoms with Crippen LogP contribution < -0.4 is 0 Å². The molecule has 0 aliphatic carbocycles. The van der Waals surface area contributed by atoms with Gasteiger partial charge in [-0.2, -0.15) is 0 Å². The Kier molecular flexibility index (Phi) is 7.09. The van der Waals surface area contributed by atoms with E-state index in [2.05, 4.69) is 10.2 Å². The first-order valence-electron chi connectivity index (χ1n) is 11.9. The lowest BCUT2D eigenvalue weighted by Crippen LogP contribution is -2.55. The Bertz CT molecular complexity index is 1420. The lowest BCUT2D eigenvalue weighted by Gasteiger charge is -2.40. The minimum absolute atomic E-state index is 0.0481. The molecule has 2 aromatic carbocycles. The summed E-state index contributed by atoms with van der Waals surface area (Å²) in [5, 5.41) is 9.26. The number of piperazine rings is 1. The van der Waals surface area contributed by atoms with Gasteiger partial charge in [0.15, 0.2) is 10.9 Å². The molecular weight excluding hydrogens is 493 g/mol. The number of carbonyl (C=O) groups excluding carboxylic acids is 2. The fraction of sp³-hybridized carbons (Fsp3) is 0.259. The number of carbonyl (C=O) groups is 2. The molecule has 37 heavy (non-hydrogen) atoms. The van der Waals surface area contributed by atoms with Gasteiger partial charge in [-0.3, -0.25) is 14.2 Å². The van der Waals surface area contributed by atoms with Crippen molar-refractivity contribution in [3.63, 3.8) is 0 Å². The molecule has 0 spiro atoms. The fourth-order valence-electron chi connectivity index (χ4n) is 4.42. The molecule has 1 saturated heterocycles.